The SMILES string of the molecule is CCCn1cnc(C)c1C[S@@](=O)c1ccc(N)cc1.CCCn1cnc(C)c1C[S@](=O)c1ccc(N)cc1. The van der Waals surface area contributed by atoms with Crippen molar-refractivity contribution in [3.05, 3.63) is 84.0 Å². The van der Waals surface area contributed by atoms with Crippen LogP contribution in [0.1, 0.15) is 49.5 Å². The van der Waals surface area contributed by atoms with Gasteiger partial charge in [-0.15, -0.1) is 0 Å². The Hall–Kier alpha value is -3.24. The van der Waals surface area contributed by atoms with E-state index in [9.17, 15) is 8.42 Å². The third kappa shape index (κ3) is 7.88. The summed E-state index contributed by atoms with van der Waals surface area (Å²) in [5.74, 6) is 0.992. The van der Waals surface area contributed by atoms with Gasteiger partial charge in [-0.1, -0.05) is 13.8 Å². The van der Waals surface area contributed by atoms with Crippen molar-refractivity contribution in [2.75, 3.05) is 11.5 Å². The number of hydrogen-bond acceptors (Lipinski definition) is 6. The number of benzene rings is 2. The lowest BCUT2D eigenvalue weighted by Gasteiger charge is -2.08. The van der Waals surface area contributed by atoms with E-state index in [1.807, 2.05) is 50.8 Å². The molecule has 204 valence electrons. The first-order chi connectivity index (χ1) is 18.2. The molecule has 0 saturated heterocycles. The Morgan fingerprint density at radius 1 is 0.658 bits per heavy atom. The number of nitrogen functional groups attached to an aromatic ring is 2. The molecule has 2 heterocycles. The van der Waals surface area contributed by atoms with Gasteiger partial charge < -0.3 is 20.6 Å². The number of nitrogens with two attached hydrogens (primary N) is 2. The minimum atomic E-state index is -1.06. The van der Waals surface area contributed by atoms with Gasteiger partial charge in [-0.2, -0.15) is 0 Å². The lowest BCUT2D eigenvalue weighted by atomic mass is 10.3. The maximum atomic E-state index is 12.4. The molecule has 0 aliphatic heterocycles. The molecule has 0 amide bonds. The molecule has 0 unspecified atom stereocenters. The second-order valence-corrected chi connectivity index (χ2v) is 12.0. The first-order valence-corrected chi connectivity index (χ1v) is 15.4. The number of anilines is 2. The third-order valence-corrected chi connectivity index (χ3v) is 8.73. The molecule has 4 aromatic rings. The number of imidazole rings is 2. The summed E-state index contributed by atoms with van der Waals surface area (Å²) < 4.78 is 28.9. The van der Waals surface area contributed by atoms with Crippen molar-refractivity contribution in [1.82, 2.24) is 19.1 Å². The van der Waals surface area contributed by atoms with Crippen LogP contribution in [0.4, 0.5) is 11.4 Å². The monoisotopic (exact) mass is 554 g/mol. The zero-order chi connectivity index (χ0) is 27.7. The summed E-state index contributed by atoms with van der Waals surface area (Å²) in [4.78, 5) is 10.2. The van der Waals surface area contributed by atoms with Crippen LogP contribution in [0.25, 0.3) is 0 Å². The maximum absolute atomic E-state index is 12.4. The van der Waals surface area contributed by atoms with E-state index in [-0.39, 0.29) is 0 Å². The smallest absolute Gasteiger partial charge is 0.0951 e. The highest BCUT2D eigenvalue weighted by Gasteiger charge is 2.13. The van der Waals surface area contributed by atoms with Gasteiger partial charge in [0.25, 0.3) is 0 Å². The van der Waals surface area contributed by atoms with E-state index in [1.54, 1.807) is 24.3 Å². The van der Waals surface area contributed by atoms with Crippen LogP contribution in [0.15, 0.2) is 71.0 Å². The van der Waals surface area contributed by atoms with Crippen molar-refractivity contribution in [3.63, 3.8) is 0 Å². The van der Waals surface area contributed by atoms with Gasteiger partial charge in [0, 0.05) is 34.3 Å². The van der Waals surface area contributed by atoms with Crippen LogP contribution >= 0.6 is 0 Å². The van der Waals surface area contributed by atoms with Gasteiger partial charge in [0.2, 0.25) is 0 Å². The molecule has 0 aliphatic carbocycles. The number of nitrogens with zero attached hydrogens (tertiary/aromatic N) is 4. The molecule has 4 N–H and O–H groups in total. The van der Waals surface area contributed by atoms with E-state index < -0.39 is 21.6 Å². The highest BCUT2D eigenvalue weighted by molar-refractivity contribution is 7.84. The predicted octanol–water partition coefficient (Wildman–Crippen LogP) is 4.98. The molecule has 2 aromatic carbocycles. The second-order valence-electron chi connectivity index (χ2n) is 9.06. The van der Waals surface area contributed by atoms with Gasteiger partial charge in [-0.3, -0.25) is 8.42 Å². The molecule has 0 fully saturated rings. The Kier molecular flexibility index (Phi) is 10.8. The molecule has 0 aliphatic rings. The lowest BCUT2D eigenvalue weighted by molar-refractivity contribution is 0.650. The number of hydrogen-bond donors (Lipinski definition) is 2. The van der Waals surface area contributed by atoms with Gasteiger partial charge in [0.05, 0.1) is 68.5 Å². The highest BCUT2D eigenvalue weighted by atomic mass is 32.2. The average molecular weight is 555 g/mol. The van der Waals surface area contributed by atoms with E-state index >= 15 is 0 Å². The lowest BCUT2D eigenvalue weighted by Crippen LogP contribution is -2.06. The first-order valence-electron chi connectivity index (χ1n) is 12.7. The molecule has 38 heavy (non-hydrogen) atoms. The molecule has 4 rings (SSSR count). The number of aryl methyl sites for hydroxylation is 4. The van der Waals surface area contributed by atoms with Gasteiger partial charge in [0.15, 0.2) is 0 Å². The summed E-state index contributed by atoms with van der Waals surface area (Å²) in [6, 6.07) is 14.4. The topological polar surface area (TPSA) is 122 Å². The number of rotatable bonds is 10. The quantitative estimate of drug-likeness (QED) is 0.267. The van der Waals surface area contributed by atoms with Crippen molar-refractivity contribution >= 4 is 33.0 Å². The van der Waals surface area contributed by atoms with Crippen LogP contribution in [0.2, 0.25) is 0 Å². The molecular weight excluding hydrogens is 516 g/mol. The molecule has 2 atom stereocenters. The van der Waals surface area contributed by atoms with Crippen LogP contribution in [0.5, 0.6) is 0 Å². The molecule has 2 aromatic heterocycles. The zero-order valence-electron chi connectivity index (χ0n) is 22.6. The average Bonchev–Trinajstić information content (AvgIpc) is 3.42. The maximum Gasteiger partial charge on any atom is 0.0951 e. The van der Waals surface area contributed by atoms with Crippen LogP contribution in [0, 0.1) is 13.8 Å². The van der Waals surface area contributed by atoms with E-state index in [0.29, 0.717) is 22.9 Å². The predicted molar refractivity (Wildman–Crippen MR) is 156 cm³/mol. The first kappa shape index (κ1) is 29.3. The van der Waals surface area contributed by atoms with Crippen molar-refractivity contribution in [1.29, 1.82) is 0 Å². The van der Waals surface area contributed by atoms with Crippen LogP contribution in [-0.4, -0.2) is 27.5 Å². The van der Waals surface area contributed by atoms with E-state index in [1.165, 1.54) is 0 Å². The standard InChI is InChI=1S/2C14H19N3OS/c2*1-3-8-17-10-16-11(2)14(17)9-19(18)13-6-4-12(15)5-7-13/h2*4-7,10H,3,8-9,15H2,1-2H3/t2*19-/m10/s1. The normalized spacial score (nSPS) is 12.5. The van der Waals surface area contributed by atoms with Crippen LogP contribution in [-0.2, 0) is 46.2 Å². The van der Waals surface area contributed by atoms with Crippen LogP contribution in [0.3, 0.4) is 0 Å². The Labute approximate surface area is 230 Å². The minimum absolute atomic E-state index is 0.496. The van der Waals surface area contributed by atoms with E-state index in [2.05, 4.69) is 32.9 Å². The van der Waals surface area contributed by atoms with Gasteiger partial charge in [-0.25, -0.2) is 9.97 Å². The summed E-state index contributed by atoms with van der Waals surface area (Å²) >= 11 is 0. The van der Waals surface area contributed by atoms with Gasteiger partial charge in [-0.05, 0) is 75.2 Å². The molecule has 0 saturated carbocycles. The molecule has 0 radical (unpaired) electrons. The molecular formula is C28H38N6O2S2. The largest absolute Gasteiger partial charge is 0.399 e. The van der Waals surface area contributed by atoms with Crippen molar-refractivity contribution in [2.24, 2.45) is 0 Å². The second kappa shape index (κ2) is 14.1. The van der Waals surface area contributed by atoms with Crippen LogP contribution < -0.4 is 11.5 Å². The fourth-order valence-corrected chi connectivity index (χ4v) is 6.37. The third-order valence-electron chi connectivity index (χ3n) is 6.06. The molecule has 0 bridgehead atoms. The summed E-state index contributed by atoms with van der Waals surface area (Å²) in [6.45, 7) is 9.99. The molecule has 8 nitrogen and oxygen atoms in total. The highest BCUT2D eigenvalue weighted by Crippen LogP contribution is 2.18. The fourth-order valence-electron chi connectivity index (χ4n) is 3.91. The van der Waals surface area contributed by atoms with Crippen molar-refractivity contribution in [3.8, 4) is 0 Å². The van der Waals surface area contributed by atoms with Crippen molar-refractivity contribution < 1.29 is 8.42 Å². The summed E-state index contributed by atoms with van der Waals surface area (Å²) in [5.41, 5.74) is 16.7. The molecule has 0 spiro atoms. The number of aromatic nitrogens is 4. The summed E-state index contributed by atoms with van der Waals surface area (Å²) in [7, 11) is -2.12. The fraction of sp³-hybridized carbons (Fsp3) is 0.357. The Bertz CT molecular complexity index is 1260. The summed E-state index contributed by atoms with van der Waals surface area (Å²) in [5, 5.41) is 0. The van der Waals surface area contributed by atoms with E-state index in [4.69, 9.17) is 11.5 Å². The minimum Gasteiger partial charge on any atom is -0.399 e. The van der Waals surface area contributed by atoms with Crippen molar-refractivity contribution in [2.45, 2.75) is 74.9 Å². The Morgan fingerprint density at radius 2 is 1.00 bits per heavy atom. The summed E-state index contributed by atoms with van der Waals surface area (Å²) in [6.07, 6.45) is 5.73. The van der Waals surface area contributed by atoms with Gasteiger partial charge in [0.1, 0.15) is 0 Å². The Balaban J connectivity index is 0.000000211. The van der Waals surface area contributed by atoms with Gasteiger partial charge >= 0.3 is 0 Å². The Morgan fingerprint density at radius 3 is 1.32 bits per heavy atom. The zero-order valence-corrected chi connectivity index (χ0v) is 24.2. The van der Waals surface area contributed by atoms with E-state index in [0.717, 1.165) is 58.5 Å². The molecule has 10 heteroatoms.